The molecule has 0 saturated carbocycles. The van der Waals surface area contributed by atoms with E-state index in [1.165, 1.54) is 23.5 Å². The van der Waals surface area contributed by atoms with Crippen molar-refractivity contribution in [3.8, 4) is 0 Å². The number of piperidine rings is 1. The molecule has 1 atom stereocenters. The van der Waals surface area contributed by atoms with Crippen molar-refractivity contribution in [3.63, 3.8) is 0 Å². The highest BCUT2D eigenvalue weighted by molar-refractivity contribution is 8.27. The first-order valence-electron chi connectivity index (χ1n) is 9.18. The molecule has 1 N–H and O–H groups in total. The Morgan fingerprint density at radius 3 is 2.61 bits per heavy atom. The fraction of sp³-hybridized carbons (Fsp3) is 0.400. The van der Waals surface area contributed by atoms with Crippen LogP contribution < -0.4 is 4.90 Å². The van der Waals surface area contributed by atoms with Crippen LogP contribution in [0.3, 0.4) is 0 Å². The lowest BCUT2D eigenvalue weighted by Gasteiger charge is -2.32. The second-order valence-corrected chi connectivity index (χ2v) is 9.05. The number of nitrogens with zero attached hydrogens (tertiary/aromatic N) is 2. The summed E-state index contributed by atoms with van der Waals surface area (Å²) in [5.41, 5.74) is 1.74. The number of carbonyl (C=O) groups excluding carboxylic acids is 2. The monoisotopic (exact) mass is 438 g/mol. The van der Waals surface area contributed by atoms with Gasteiger partial charge in [-0.2, -0.15) is 0 Å². The fourth-order valence-electron chi connectivity index (χ4n) is 3.77. The van der Waals surface area contributed by atoms with Crippen LogP contribution >= 0.6 is 35.9 Å². The average Bonchev–Trinajstić information content (AvgIpc) is 3.16. The molecule has 4 rings (SSSR count). The summed E-state index contributed by atoms with van der Waals surface area (Å²) >= 11 is 2.89. The van der Waals surface area contributed by atoms with Crippen molar-refractivity contribution in [2.45, 2.75) is 18.9 Å². The van der Waals surface area contributed by atoms with E-state index in [1.807, 2.05) is 40.0 Å². The number of anilines is 1. The summed E-state index contributed by atoms with van der Waals surface area (Å²) in [6, 6.07) is 7.49. The van der Waals surface area contributed by atoms with E-state index < -0.39 is 0 Å². The molecule has 1 fully saturated rings. The third kappa shape index (κ3) is 4.49. The van der Waals surface area contributed by atoms with Crippen molar-refractivity contribution < 1.29 is 14.7 Å². The number of fused-ring (bicyclic) bond motifs is 1. The van der Waals surface area contributed by atoms with Crippen LogP contribution in [0.1, 0.15) is 23.2 Å². The molecular weight excluding hydrogens is 416 g/mol. The van der Waals surface area contributed by atoms with Crippen LogP contribution in [-0.4, -0.2) is 60.4 Å². The maximum atomic E-state index is 13.1. The van der Waals surface area contributed by atoms with Gasteiger partial charge in [0.2, 0.25) is 0 Å². The minimum atomic E-state index is -0.265. The van der Waals surface area contributed by atoms with E-state index in [0.717, 1.165) is 35.9 Å². The van der Waals surface area contributed by atoms with Gasteiger partial charge in [-0.1, -0.05) is 35.7 Å². The Morgan fingerprint density at radius 2 is 1.86 bits per heavy atom. The number of Topliss-reactive ketones (excluding diaryl/α,β-unsaturated/α-hetero) is 2. The number of β-amino-alcohol motifs (C(OH)–C–C–N with tert-alkyl or cyclic N) is 1. The minimum absolute atomic E-state index is 0. The number of carbonyl (C=O) groups is 2. The Morgan fingerprint density at radius 1 is 1.11 bits per heavy atom. The zero-order chi connectivity index (χ0) is 18.8. The maximum absolute atomic E-state index is 13.1. The van der Waals surface area contributed by atoms with Gasteiger partial charge >= 0.3 is 0 Å². The molecule has 0 amide bonds. The third-order valence-electron chi connectivity index (χ3n) is 5.11. The number of para-hydroxylation sites is 1. The van der Waals surface area contributed by atoms with E-state index in [1.54, 1.807) is 0 Å². The second kappa shape index (κ2) is 9.50. The predicted octanol–water partition coefficient (Wildman–Crippen LogP) is 3.30. The highest BCUT2D eigenvalue weighted by atomic mass is 35.5. The van der Waals surface area contributed by atoms with Crippen molar-refractivity contribution in [1.82, 2.24) is 4.90 Å². The first-order chi connectivity index (χ1) is 13.1. The summed E-state index contributed by atoms with van der Waals surface area (Å²) in [6.45, 7) is 3.27. The van der Waals surface area contributed by atoms with E-state index in [4.69, 9.17) is 0 Å². The van der Waals surface area contributed by atoms with Crippen LogP contribution in [0.25, 0.3) is 0 Å². The fourth-order valence-corrected chi connectivity index (χ4v) is 5.66. The number of hydrogen-bond donors (Lipinski definition) is 1. The maximum Gasteiger partial charge on any atom is 0.200 e. The molecule has 0 radical (unpaired) electrons. The van der Waals surface area contributed by atoms with Crippen molar-refractivity contribution in [1.29, 1.82) is 0 Å². The number of rotatable bonds is 3. The molecule has 1 aromatic carbocycles. The van der Waals surface area contributed by atoms with Gasteiger partial charge in [-0.3, -0.25) is 14.5 Å². The van der Waals surface area contributed by atoms with Crippen molar-refractivity contribution >= 4 is 53.2 Å². The van der Waals surface area contributed by atoms with Crippen molar-refractivity contribution in [2.24, 2.45) is 0 Å². The SMILES string of the molecule is Cl.O=C1CN(CCN2CCCC(O)C2)c2ccccc2C(=O)C1=C1SC=CS1. The summed E-state index contributed by atoms with van der Waals surface area (Å²) in [5.74, 6) is -0.293. The van der Waals surface area contributed by atoms with Gasteiger partial charge in [0.05, 0.1) is 22.5 Å². The van der Waals surface area contributed by atoms with Crippen LogP contribution in [0.2, 0.25) is 0 Å². The lowest BCUT2D eigenvalue weighted by Crippen LogP contribution is -2.43. The minimum Gasteiger partial charge on any atom is -0.392 e. The number of ketones is 2. The standard InChI is InChI=1S/C20H22N2O3S2.ClH/c23-14-4-3-7-21(12-14)8-9-22-13-17(24)18(20-26-10-11-27-20)19(25)15-5-1-2-6-16(15)22;/h1-2,5-6,10-11,14,23H,3-4,7-9,12-13H2;1H. The molecule has 3 heterocycles. The Bertz CT molecular complexity index is 817. The molecule has 28 heavy (non-hydrogen) atoms. The van der Waals surface area contributed by atoms with E-state index >= 15 is 0 Å². The van der Waals surface area contributed by atoms with Crippen LogP contribution in [0.15, 0.2) is 44.9 Å². The molecule has 0 aromatic heterocycles. The molecule has 0 spiro atoms. The smallest absolute Gasteiger partial charge is 0.200 e. The number of halogens is 1. The number of aliphatic hydroxyl groups excluding tert-OH is 1. The van der Waals surface area contributed by atoms with Crippen LogP contribution in [0.4, 0.5) is 5.69 Å². The Balaban J connectivity index is 0.00000225. The number of thioether (sulfide) groups is 2. The summed E-state index contributed by atoms with van der Waals surface area (Å²) in [6.07, 6.45) is 1.59. The van der Waals surface area contributed by atoms with Gasteiger partial charge in [0.25, 0.3) is 0 Å². The zero-order valence-electron chi connectivity index (χ0n) is 15.4. The molecule has 1 saturated heterocycles. The highest BCUT2D eigenvalue weighted by Crippen LogP contribution is 2.42. The Hall–Kier alpha value is -1.25. The Kier molecular flexibility index (Phi) is 7.28. The van der Waals surface area contributed by atoms with Gasteiger partial charge in [0, 0.05) is 30.9 Å². The van der Waals surface area contributed by atoms with Gasteiger partial charge in [-0.15, -0.1) is 12.4 Å². The predicted molar refractivity (Wildman–Crippen MR) is 118 cm³/mol. The van der Waals surface area contributed by atoms with Gasteiger partial charge in [-0.05, 0) is 42.3 Å². The van der Waals surface area contributed by atoms with E-state index in [-0.39, 0.29) is 36.6 Å². The molecule has 1 aromatic rings. The molecule has 150 valence electrons. The quantitative estimate of drug-likeness (QED) is 0.573. The average molecular weight is 439 g/mol. The van der Waals surface area contributed by atoms with Gasteiger partial charge in [0.15, 0.2) is 11.6 Å². The van der Waals surface area contributed by atoms with Crippen LogP contribution in [0.5, 0.6) is 0 Å². The number of benzene rings is 1. The van der Waals surface area contributed by atoms with Crippen molar-refractivity contribution in [3.05, 3.63) is 50.5 Å². The topological polar surface area (TPSA) is 60.9 Å². The molecule has 3 aliphatic rings. The van der Waals surface area contributed by atoms with E-state index in [9.17, 15) is 14.7 Å². The van der Waals surface area contributed by atoms with Crippen molar-refractivity contribution in [2.75, 3.05) is 37.6 Å². The lowest BCUT2D eigenvalue weighted by molar-refractivity contribution is -0.114. The molecule has 8 heteroatoms. The number of likely N-dealkylation sites (tertiary alicyclic amines) is 1. The van der Waals surface area contributed by atoms with Gasteiger partial charge < -0.3 is 10.0 Å². The van der Waals surface area contributed by atoms with E-state index in [0.29, 0.717) is 24.2 Å². The molecule has 1 unspecified atom stereocenters. The zero-order valence-corrected chi connectivity index (χ0v) is 17.8. The summed E-state index contributed by atoms with van der Waals surface area (Å²) in [5, 5.41) is 13.7. The highest BCUT2D eigenvalue weighted by Gasteiger charge is 2.33. The number of hydrogen-bond acceptors (Lipinski definition) is 7. The summed E-state index contributed by atoms with van der Waals surface area (Å²) in [4.78, 5) is 30.3. The second-order valence-electron chi connectivity index (χ2n) is 6.96. The third-order valence-corrected chi connectivity index (χ3v) is 7.24. The molecule has 5 nitrogen and oxygen atoms in total. The van der Waals surface area contributed by atoms with E-state index in [2.05, 4.69) is 4.90 Å². The summed E-state index contributed by atoms with van der Waals surface area (Å²) < 4.78 is 0.779. The van der Waals surface area contributed by atoms with Gasteiger partial charge in [-0.25, -0.2) is 0 Å². The summed E-state index contributed by atoms with van der Waals surface area (Å²) in [7, 11) is 0. The van der Waals surface area contributed by atoms with Gasteiger partial charge in [0.1, 0.15) is 0 Å². The molecule has 3 aliphatic heterocycles. The van der Waals surface area contributed by atoms with Crippen LogP contribution in [-0.2, 0) is 4.79 Å². The number of aliphatic hydroxyl groups is 1. The largest absolute Gasteiger partial charge is 0.392 e. The lowest BCUT2D eigenvalue weighted by atomic mass is 10.0. The molecule has 0 aliphatic carbocycles. The Labute approximate surface area is 179 Å². The molecule has 0 bridgehead atoms. The first-order valence-corrected chi connectivity index (χ1v) is 10.9. The van der Waals surface area contributed by atoms with Crippen LogP contribution in [0, 0.1) is 0 Å². The first kappa shape index (κ1) is 21.5. The normalized spacial score (nSPS) is 22.9. The molecular formula is C20H23ClN2O3S2.